The number of fused-ring (bicyclic) bond motifs is 1. The van der Waals surface area contributed by atoms with Gasteiger partial charge >= 0.3 is 6.03 Å². The molecule has 1 unspecified atom stereocenters. The van der Waals surface area contributed by atoms with Crippen molar-refractivity contribution in [2.75, 3.05) is 10.2 Å². The topological polar surface area (TPSA) is 66.5 Å². The summed E-state index contributed by atoms with van der Waals surface area (Å²) in [6, 6.07) is 13.5. The summed E-state index contributed by atoms with van der Waals surface area (Å²) in [6.07, 6.45) is 0. The standard InChI is InChI=1S/C20H19BrN2O3/c1-12(21)17(24)13-9-10-16-15(11-13)20(2,3)18(25)23(16)19(26)22-14-7-5-4-6-8-14/h4-12H,1-3H3,(H,22,26). The van der Waals surface area contributed by atoms with Crippen molar-refractivity contribution in [1.82, 2.24) is 0 Å². The number of carbonyl (C=O) groups is 3. The molecule has 5 nitrogen and oxygen atoms in total. The number of urea groups is 1. The van der Waals surface area contributed by atoms with Gasteiger partial charge in [0.15, 0.2) is 5.78 Å². The van der Waals surface area contributed by atoms with E-state index >= 15 is 0 Å². The number of halogens is 1. The van der Waals surface area contributed by atoms with Crippen LogP contribution in [0.4, 0.5) is 16.2 Å². The van der Waals surface area contributed by atoms with Crippen molar-refractivity contribution in [2.45, 2.75) is 31.0 Å². The number of ketones is 1. The van der Waals surface area contributed by atoms with Crippen molar-refractivity contribution in [2.24, 2.45) is 0 Å². The molecule has 1 aliphatic rings. The maximum atomic E-state index is 12.9. The van der Waals surface area contributed by atoms with Crippen LogP contribution in [0.5, 0.6) is 0 Å². The van der Waals surface area contributed by atoms with E-state index in [2.05, 4.69) is 21.2 Å². The average molecular weight is 415 g/mol. The van der Waals surface area contributed by atoms with Crippen LogP contribution in [-0.2, 0) is 10.2 Å². The van der Waals surface area contributed by atoms with Crippen LogP contribution >= 0.6 is 15.9 Å². The first-order chi connectivity index (χ1) is 12.2. The molecule has 1 aliphatic heterocycles. The summed E-state index contributed by atoms with van der Waals surface area (Å²) in [6.45, 7) is 5.27. The highest BCUT2D eigenvalue weighted by molar-refractivity contribution is 9.10. The van der Waals surface area contributed by atoms with Gasteiger partial charge in [0.25, 0.3) is 0 Å². The Morgan fingerprint density at radius 2 is 1.77 bits per heavy atom. The Morgan fingerprint density at radius 3 is 2.38 bits per heavy atom. The average Bonchev–Trinajstić information content (AvgIpc) is 2.81. The number of amides is 3. The predicted octanol–water partition coefficient (Wildman–Crippen LogP) is 4.51. The van der Waals surface area contributed by atoms with Crippen molar-refractivity contribution in [3.05, 3.63) is 59.7 Å². The molecule has 2 aromatic rings. The third kappa shape index (κ3) is 3.05. The molecule has 3 amide bonds. The van der Waals surface area contributed by atoms with E-state index in [-0.39, 0.29) is 16.5 Å². The molecule has 0 radical (unpaired) electrons. The number of anilines is 2. The second kappa shape index (κ2) is 6.68. The molecule has 0 bridgehead atoms. The fourth-order valence-electron chi connectivity index (χ4n) is 3.02. The van der Waals surface area contributed by atoms with Gasteiger partial charge in [-0.15, -0.1) is 0 Å². The fourth-order valence-corrected chi connectivity index (χ4v) is 3.29. The number of alkyl halides is 1. The van der Waals surface area contributed by atoms with Gasteiger partial charge in [0.2, 0.25) is 5.91 Å². The van der Waals surface area contributed by atoms with Crippen LogP contribution in [0.25, 0.3) is 0 Å². The zero-order valence-electron chi connectivity index (χ0n) is 14.7. The monoisotopic (exact) mass is 414 g/mol. The van der Waals surface area contributed by atoms with E-state index in [9.17, 15) is 14.4 Å². The van der Waals surface area contributed by atoms with Gasteiger partial charge in [0.1, 0.15) is 0 Å². The lowest BCUT2D eigenvalue weighted by atomic mass is 9.85. The molecule has 0 aliphatic carbocycles. The number of rotatable bonds is 3. The van der Waals surface area contributed by atoms with E-state index in [1.54, 1.807) is 63.2 Å². The highest BCUT2D eigenvalue weighted by Gasteiger charge is 2.47. The first kappa shape index (κ1) is 18.3. The Morgan fingerprint density at radius 1 is 1.12 bits per heavy atom. The Bertz CT molecular complexity index is 891. The zero-order chi connectivity index (χ0) is 19.1. The lowest BCUT2D eigenvalue weighted by Crippen LogP contribution is -2.42. The number of hydrogen-bond acceptors (Lipinski definition) is 3. The van der Waals surface area contributed by atoms with Crippen LogP contribution in [-0.4, -0.2) is 22.5 Å². The van der Waals surface area contributed by atoms with Crippen molar-refractivity contribution < 1.29 is 14.4 Å². The molecule has 1 N–H and O–H groups in total. The van der Waals surface area contributed by atoms with Crippen LogP contribution in [0.3, 0.4) is 0 Å². The van der Waals surface area contributed by atoms with Gasteiger partial charge in [-0.1, -0.05) is 34.1 Å². The number of nitrogens with zero attached hydrogens (tertiary/aromatic N) is 1. The number of benzene rings is 2. The molecule has 0 spiro atoms. The number of Topliss-reactive ketones (excluding diaryl/α,β-unsaturated/α-hetero) is 1. The van der Waals surface area contributed by atoms with Gasteiger partial charge in [-0.25, -0.2) is 9.69 Å². The van der Waals surface area contributed by atoms with Crippen molar-refractivity contribution in [1.29, 1.82) is 0 Å². The molecule has 3 rings (SSSR count). The maximum absolute atomic E-state index is 12.9. The summed E-state index contributed by atoms with van der Waals surface area (Å²) >= 11 is 3.28. The summed E-state index contributed by atoms with van der Waals surface area (Å²) in [4.78, 5) is 38.7. The lowest BCUT2D eigenvalue weighted by molar-refractivity contribution is -0.121. The maximum Gasteiger partial charge on any atom is 0.333 e. The summed E-state index contributed by atoms with van der Waals surface area (Å²) in [7, 11) is 0. The van der Waals surface area contributed by atoms with E-state index in [1.165, 1.54) is 0 Å². The minimum Gasteiger partial charge on any atom is -0.307 e. The second-order valence-corrected chi connectivity index (χ2v) is 8.15. The third-order valence-electron chi connectivity index (χ3n) is 4.52. The lowest BCUT2D eigenvalue weighted by Gasteiger charge is -2.19. The fraction of sp³-hybridized carbons (Fsp3) is 0.250. The van der Waals surface area contributed by atoms with Crippen LogP contribution in [0.1, 0.15) is 36.7 Å². The summed E-state index contributed by atoms with van der Waals surface area (Å²) in [5, 5.41) is 2.74. The zero-order valence-corrected chi connectivity index (χ0v) is 16.3. The summed E-state index contributed by atoms with van der Waals surface area (Å²) in [5.74, 6) is -0.388. The largest absolute Gasteiger partial charge is 0.333 e. The number of hydrogen-bond donors (Lipinski definition) is 1. The van der Waals surface area contributed by atoms with Gasteiger partial charge in [-0.3, -0.25) is 9.59 Å². The van der Waals surface area contributed by atoms with Crippen molar-refractivity contribution in [3.63, 3.8) is 0 Å². The molecule has 0 aromatic heterocycles. The van der Waals surface area contributed by atoms with E-state index in [0.717, 1.165) is 4.90 Å². The molecular weight excluding hydrogens is 396 g/mol. The van der Waals surface area contributed by atoms with E-state index in [4.69, 9.17) is 0 Å². The first-order valence-electron chi connectivity index (χ1n) is 8.27. The van der Waals surface area contributed by atoms with Crippen molar-refractivity contribution in [3.8, 4) is 0 Å². The van der Waals surface area contributed by atoms with E-state index in [1.807, 2.05) is 6.07 Å². The van der Waals surface area contributed by atoms with Gasteiger partial charge in [0, 0.05) is 11.3 Å². The number of imide groups is 1. The molecule has 26 heavy (non-hydrogen) atoms. The number of carbonyl (C=O) groups excluding carboxylic acids is 3. The number of nitrogens with one attached hydrogen (secondary N) is 1. The minimum absolute atomic E-state index is 0.0664. The molecule has 134 valence electrons. The van der Waals surface area contributed by atoms with Gasteiger partial charge < -0.3 is 5.32 Å². The minimum atomic E-state index is -0.894. The van der Waals surface area contributed by atoms with Crippen LogP contribution < -0.4 is 10.2 Å². The van der Waals surface area contributed by atoms with Gasteiger partial charge in [0.05, 0.1) is 15.9 Å². The van der Waals surface area contributed by atoms with Crippen LogP contribution in [0.2, 0.25) is 0 Å². The smallest absolute Gasteiger partial charge is 0.307 e. The molecule has 0 saturated heterocycles. The van der Waals surface area contributed by atoms with E-state index in [0.29, 0.717) is 22.5 Å². The molecular formula is C20H19BrN2O3. The number of para-hydroxylation sites is 1. The van der Waals surface area contributed by atoms with Gasteiger partial charge in [-0.05, 0) is 56.7 Å². The second-order valence-electron chi connectivity index (χ2n) is 6.77. The summed E-state index contributed by atoms with van der Waals surface area (Å²) in [5.41, 5.74) is 1.41. The molecule has 1 heterocycles. The highest BCUT2D eigenvalue weighted by atomic mass is 79.9. The van der Waals surface area contributed by atoms with Crippen molar-refractivity contribution >= 4 is 45.0 Å². The summed E-state index contributed by atoms with van der Waals surface area (Å²) < 4.78 is 0. The quantitative estimate of drug-likeness (QED) is 0.593. The highest BCUT2D eigenvalue weighted by Crippen LogP contribution is 2.42. The molecule has 0 saturated carbocycles. The van der Waals surface area contributed by atoms with Gasteiger partial charge in [-0.2, -0.15) is 0 Å². The molecule has 6 heteroatoms. The Hall–Kier alpha value is -2.47. The molecule has 2 aromatic carbocycles. The molecule has 0 fully saturated rings. The van der Waals surface area contributed by atoms with Crippen LogP contribution in [0.15, 0.2) is 48.5 Å². The Balaban J connectivity index is 1.99. The third-order valence-corrected chi connectivity index (χ3v) is 4.94. The Labute approximate surface area is 160 Å². The Kier molecular flexibility index (Phi) is 4.71. The molecule has 1 atom stereocenters. The predicted molar refractivity (Wildman–Crippen MR) is 105 cm³/mol. The normalized spacial score (nSPS) is 16.2. The first-order valence-corrected chi connectivity index (χ1v) is 9.18. The van der Waals surface area contributed by atoms with Crippen LogP contribution in [0, 0.1) is 0 Å². The SMILES string of the molecule is CC(Br)C(=O)c1ccc2c(c1)C(C)(C)C(=O)N2C(=O)Nc1ccccc1. The van der Waals surface area contributed by atoms with E-state index < -0.39 is 11.4 Å².